The number of hydrazone groups is 1. The molecule has 0 fully saturated rings. The Labute approximate surface area is 203 Å². The Kier molecular flexibility index (Phi) is 7.26. The number of rotatable bonds is 8. The number of carbonyl (C=O) groups excluding carboxylic acids is 1. The zero-order valence-corrected chi connectivity index (χ0v) is 19.7. The highest BCUT2D eigenvalue weighted by atomic mass is 16.5. The summed E-state index contributed by atoms with van der Waals surface area (Å²) in [5.74, 6) is 0.307. The van der Waals surface area contributed by atoms with E-state index in [1.807, 2.05) is 62.4 Å². The van der Waals surface area contributed by atoms with E-state index in [9.17, 15) is 15.0 Å². The van der Waals surface area contributed by atoms with Gasteiger partial charge >= 0.3 is 0 Å². The van der Waals surface area contributed by atoms with Gasteiger partial charge in [-0.15, -0.1) is 0 Å². The lowest BCUT2D eigenvalue weighted by Gasteiger charge is -2.11. The highest BCUT2D eigenvalue weighted by molar-refractivity contribution is 6.08. The Morgan fingerprint density at radius 1 is 0.971 bits per heavy atom. The van der Waals surface area contributed by atoms with Crippen LogP contribution in [0.3, 0.4) is 0 Å². The SMILES string of the molecule is CCCOc1cccc(-c2cc(C(=O)N/N=C(\CC)c3cc(O)ccc3O)c3ccccc3n2)c1. The molecule has 1 heterocycles. The van der Waals surface area contributed by atoms with E-state index in [1.165, 1.54) is 18.2 Å². The molecule has 1 amide bonds. The highest BCUT2D eigenvalue weighted by Crippen LogP contribution is 2.28. The summed E-state index contributed by atoms with van der Waals surface area (Å²) in [5, 5.41) is 24.9. The minimum atomic E-state index is -0.408. The first-order valence-corrected chi connectivity index (χ1v) is 11.5. The summed E-state index contributed by atoms with van der Waals surface area (Å²) < 4.78 is 5.76. The Hall–Kier alpha value is -4.39. The fourth-order valence-corrected chi connectivity index (χ4v) is 3.74. The summed E-state index contributed by atoms with van der Waals surface area (Å²) in [4.78, 5) is 18.0. The van der Waals surface area contributed by atoms with Gasteiger partial charge in [-0.05, 0) is 55.3 Å². The molecule has 0 spiro atoms. The minimum absolute atomic E-state index is 0.000179. The van der Waals surface area contributed by atoms with Crippen LogP contribution < -0.4 is 10.2 Å². The molecule has 3 N–H and O–H groups in total. The smallest absolute Gasteiger partial charge is 0.272 e. The number of carbonyl (C=O) groups is 1. The van der Waals surface area contributed by atoms with Crippen LogP contribution in [0.15, 0.2) is 77.9 Å². The van der Waals surface area contributed by atoms with Crippen molar-refractivity contribution in [3.63, 3.8) is 0 Å². The van der Waals surface area contributed by atoms with E-state index in [4.69, 9.17) is 9.72 Å². The first-order valence-electron chi connectivity index (χ1n) is 11.5. The molecule has 3 aromatic carbocycles. The number of nitrogens with one attached hydrogen (secondary N) is 1. The van der Waals surface area contributed by atoms with Gasteiger partial charge in [0.05, 0.1) is 29.1 Å². The van der Waals surface area contributed by atoms with E-state index in [0.29, 0.717) is 46.5 Å². The number of hydrogen-bond donors (Lipinski definition) is 3. The van der Waals surface area contributed by atoms with Gasteiger partial charge < -0.3 is 14.9 Å². The van der Waals surface area contributed by atoms with Crippen LogP contribution in [0, 0.1) is 0 Å². The number of phenols is 2. The average Bonchev–Trinajstić information content (AvgIpc) is 2.89. The molecule has 4 aromatic rings. The van der Waals surface area contributed by atoms with Gasteiger partial charge in [0.2, 0.25) is 0 Å². The molecule has 0 saturated carbocycles. The zero-order chi connectivity index (χ0) is 24.8. The van der Waals surface area contributed by atoms with Crippen molar-refractivity contribution >= 4 is 22.5 Å². The van der Waals surface area contributed by atoms with E-state index in [0.717, 1.165) is 17.7 Å². The summed E-state index contributed by atoms with van der Waals surface area (Å²) >= 11 is 0. The second-order valence-electron chi connectivity index (χ2n) is 8.00. The van der Waals surface area contributed by atoms with Crippen LogP contribution >= 0.6 is 0 Å². The number of para-hydroxylation sites is 1. The quantitative estimate of drug-likeness (QED) is 0.176. The van der Waals surface area contributed by atoms with Crippen molar-refractivity contribution in [2.45, 2.75) is 26.7 Å². The average molecular weight is 470 g/mol. The molecule has 0 radical (unpaired) electrons. The number of aromatic nitrogens is 1. The van der Waals surface area contributed by atoms with Crippen LogP contribution in [0.1, 0.15) is 42.6 Å². The van der Waals surface area contributed by atoms with E-state index < -0.39 is 5.91 Å². The lowest BCUT2D eigenvalue weighted by atomic mass is 10.0. The van der Waals surface area contributed by atoms with Gasteiger partial charge in [-0.2, -0.15) is 5.10 Å². The van der Waals surface area contributed by atoms with Crippen LogP contribution in [0.5, 0.6) is 17.2 Å². The van der Waals surface area contributed by atoms with Gasteiger partial charge in [-0.25, -0.2) is 10.4 Å². The van der Waals surface area contributed by atoms with Crippen molar-refractivity contribution in [1.82, 2.24) is 10.4 Å². The second kappa shape index (κ2) is 10.7. The molecule has 0 atom stereocenters. The molecule has 1 aromatic heterocycles. The molecule has 0 aliphatic heterocycles. The van der Waals surface area contributed by atoms with Crippen molar-refractivity contribution in [2.75, 3.05) is 6.61 Å². The number of hydrogen-bond acceptors (Lipinski definition) is 6. The van der Waals surface area contributed by atoms with E-state index in [1.54, 1.807) is 6.07 Å². The molecule has 0 saturated heterocycles. The van der Waals surface area contributed by atoms with Crippen molar-refractivity contribution in [1.29, 1.82) is 0 Å². The molecule has 4 rings (SSSR count). The second-order valence-corrected chi connectivity index (χ2v) is 8.00. The topological polar surface area (TPSA) is 104 Å². The van der Waals surface area contributed by atoms with Gasteiger partial charge in [-0.1, -0.05) is 44.2 Å². The van der Waals surface area contributed by atoms with Crippen molar-refractivity contribution in [2.24, 2.45) is 5.10 Å². The highest BCUT2D eigenvalue weighted by Gasteiger charge is 2.15. The Morgan fingerprint density at radius 3 is 2.60 bits per heavy atom. The number of ether oxygens (including phenoxy) is 1. The maximum absolute atomic E-state index is 13.3. The summed E-state index contributed by atoms with van der Waals surface area (Å²) in [6.07, 6.45) is 1.34. The molecule has 178 valence electrons. The third-order valence-electron chi connectivity index (χ3n) is 5.48. The lowest BCUT2D eigenvalue weighted by molar-refractivity contribution is 0.0956. The van der Waals surface area contributed by atoms with Crippen molar-refractivity contribution in [3.8, 4) is 28.5 Å². The molecule has 7 nitrogen and oxygen atoms in total. The van der Waals surface area contributed by atoms with Crippen LogP contribution in [-0.4, -0.2) is 33.4 Å². The number of aromatic hydroxyl groups is 2. The Bertz CT molecular complexity index is 1400. The number of pyridine rings is 1. The number of fused-ring (bicyclic) bond motifs is 1. The summed E-state index contributed by atoms with van der Waals surface area (Å²) in [7, 11) is 0. The molecular formula is C28H27N3O4. The molecule has 0 unspecified atom stereocenters. The summed E-state index contributed by atoms with van der Waals surface area (Å²) in [6.45, 7) is 4.52. The normalized spacial score (nSPS) is 11.4. The maximum atomic E-state index is 13.3. The van der Waals surface area contributed by atoms with E-state index >= 15 is 0 Å². The molecular weight excluding hydrogens is 442 g/mol. The van der Waals surface area contributed by atoms with E-state index in [2.05, 4.69) is 10.5 Å². The maximum Gasteiger partial charge on any atom is 0.272 e. The molecule has 0 aliphatic carbocycles. The van der Waals surface area contributed by atoms with Gasteiger partial charge in [0.25, 0.3) is 5.91 Å². The van der Waals surface area contributed by atoms with Gasteiger partial charge in [0.1, 0.15) is 17.2 Å². The predicted octanol–water partition coefficient (Wildman–Crippen LogP) is 5.65. The first-order chi connectivity index (χ1) is 17.0. The summed E-state index contributed by atoms with van der Waals surface area (Å²) in [6, 6.07) is 21.0. The predicted molar refractivity (Wildman–Crippen MR) is 137 cm³/mol. The lowest BCUT2D eigenvalue weighted by Crippen LogP contribution is -2.20. The fraction of sp³-hybridized carbons (Fsp3) is 0.179. The van der Waals surface area contributed by atoms with Crippen LogP contribution in [-0.2, 0) is 0 Å². The van der Waals surface area contributed by atoms with Crippen LogP contribution in [0.2, 0.25) is 0 Å². The number of benzene rings is 3. The third kappa shape index (κ3) is 5.41. The van der Waals surface area contributed by atoms with Crippen molar-refractivity contribution < 1.29 is 19.7 Å². The zero-order valence-electron chi connectivity index (χ0n) is 19.7. The Balaban J connectivity index is 1.71. The fourth-order valence-electron chi connectivity index (χ4n) is 3.74. The number of nitrogens with zero attached hydrogens (tertiary/aromatic N) is 2. The van der Waals surface area contributed by atoms with Gasteiger partial charge in [0, 0.05) is 16.5 Å². The molecule has 0 bridgehead atoms. The van der Waals surface area contributed by atoms with Crippen molar-refractivity contribution in [3.05, 3.63) is 83.9 Å². The summed E-state index contributed by atoms with van der Waals surface area (Å²) in [5.41, 5.74) is 5.98. The number of phenolic OH excluding ortho intramolecular Hbond substituents is 2. The Morgan fingerprint density at radius 2 is 1.80 bits per heavy atom. The van der Waals surface area contributed by atoms with Gasteiger partial charge in [-0.3, -0.25) is 4.79 Å². The molecule has 35 heavy (non-hydrogen) atoms. The monoisotopic (exact) mass is 469 g/mol. The molecule has 0 aliphatic rings. The number of amides is 1. The van der Waals surface area contributed by atoms with Crippen LogP contribution in [0.25, 0.3) is 22.2 Å². The van der Waals surface area contributed by atoms with Crippen LogP contribution in [0.4, 0.5) is 0 Å². The van der Waals surface area contributed by atoms with Gasteiger partial charge in [0.15, 0.2) is 0 Å². The largest absolute Gasteiger partial charge is 0.508 e. The standard InChI is InChI=1S/C28H27N3O4/c1-3-14-35-20-9-7-8-18(15-20)26-17-22(21-10-5-6-11-25(21)29-26)28(34)31-30-24(4-2)23-16-19(32)12-13-27(23)33/h5-13,15-17,32-33H,3-4,14H2,1-2H3,(H,31,34)/b30-24+. The molecule has 7 heteroatoms. The third-order valence-corrected chi connectivity index (χ3v) is 5.48. The first kappa shape index (κ1) is 23.8. The minimum Gasteiger partial charge on any atom is -0.508 e. The van der Waals surface area contributed by atoms with E-state index in [-0.39, 0.29) is 11.5 Å².